The highest BCUT2D eigenvalue weighted by atomic mass is 16.1. The van der Waals surface area contributed by atoms with Gasteiger partial charge in [-0.1, -0.05) is 18.2 Å². The van der Waals surface area contributed by atoms with Gasteiger partial charge >= 0.3 is 0 Å². The second-order valence-electron chi connectivity index (χ2n) is 6.13. The Hall–Kier alpha value is -3.34. The lowest BCUT2D eigenvalue weighted by atomic mass is 10.2. The third kappa shape index (κ3) is 4.85. The lowest BCUT2D eigenvalue weighted by Gasteiger charge is -2.21. The van der Waals surface area contributed by atoms with E-state index in [2.05, 4.69) is 34.4 Å². The molecule has 1 amide bonds. The SMILES string of the molecule is CCN(CC)c1ccc(NC(=O)c2cncc(Nc3ccccc3)c2)cc1. The van der Waals surface area contributed by atoms with Crippen LogP contribution in [0.15, 0.2) is 73.1 Å². The van der Waals surface area contributed by atoms with Crippen LogP contribution in [-0.4, -0.2) is 24.0 Å². The second-order valence-corrected chi connectivity index (χ2v) is 6.13. The molecule has 2 N–H and O–H groups in total. The molecule has 0 saturated heterocycles. The largest absolute Gasteiger partial charge is 0.372 e. The van der Waals surface area contributed by atoms with Crippen LogP contribution in [0.4, 0.5) is 22.7 Å². The van der Waals surface area contributed by atoms with Crippen LogP contribution in [0, 0.1) is 0 Å². The standard InChI is InChI=1S/C22H24N4O/c1-3-26(4-2)21-12-10-19(11-13-21)25-22(27)17-14-20(16-23-15-17)24-18-8-6-5-7-9-18/h5-16,24H,3-4H2,1-2H3,(H,25,27). The molecule has 0 saturated carbocycles. The maximum Gasteiger partial charge on any atom is 0.257 e. The normalized spacial score (nSPS) is 10.3. The van der Waals surface area contributed by atoms with E-state index in [4.69, 9.17) is 0 Å². The Labute approximate surface area is 160 Å². The summed E-state index contributed by atoms with van der Waals surface area (Å²) in [7, 11) is 0. The van der Waals surface area contributed by atoms with Gasteiger partial charge in [-0.3, -0.25) is 9.78 Å². The lowest BCUT2D eigenvalue weighted by molar-refractivity contribution is 0.102. The molecule has 0 aliphatic carbocycles. The van der Waals surface area contributed by atoms with E-state index in [1.165, 1.54) is 0 Å². The highest BCUT2D eigenvalue weighted by Gasteiger charge is 2.09. The van der Waals surface area contributed by atoms with Gasteiger partial charge in [-0.2, -0.15) is 0 Å². The number of benzene rings is 2. The predicted octanol–water partition coefficient (Wildman–Crippen LogP) is 4.92. The summed E-state index contributed by atoms with van der Waals surface area (Å²) in [5, 5.41) is 6.17. The number of anilines is 4. The number of nitrogens with one attached hydrogen (secondary N) is 2. The Morgan fingerprint density at radius 2 is 1.59 bits per heavy atom. The van der Waals surface area contributed by atoms with E-state index in [9.17, 15) is 4.79 Å². The summed E-state index contributed by atoms with van der Waals surface area (Å²) in [4.78, 5) is 19.0. The first-order chi connectivity index (χ1) is 13.2. The first-order valence-corrected chi connectivity index (χ1v) is 9.13. The Balaban J connectivity index is 1.68. The fraction of sp³-hybridized carbons (Fsp3) is 0.182. The summed E-state index contributed by atoms with van der Waals surface area (Å²) in [6.07, 6.45) is 3.26. The minimum Gasteiger partial charge on any atom is -0.372 e. The van der Waals surface area contributed by atoms with E-state index in [-0.39, 0.29) is 5.91 Å². The zero-order valence-corrected chi connectivity index (χ0v) is 15.6. The van der Waals surface area contributed by atoms with Crippen LogP contribution in [0.5, 0.6) is 0 Å². The van der Waals surface area contributed by atoms with Gasteiger partial charge < -0.3 is 15.5 Å². The van der Waals surface area contributed by atoms with Gasteiger partial charge in [-0.15, -0.1) is 0 Å². The molecular formula is C22H24N4O. The first kappa shape index (κ1) is 18.5. The third-order valence-electron chi connectivity index (χ3n) is 4.32. The van der Waals surface area contributed by atoms with Gasteiger partial charge in [-0.25, -0.2) is 0 Å². The number of hydrogen-bond acceptors (Lipinski definition) is 4. The summed E-state index contributed by atoms with van der Waals surface area (Å²) in [6.45, 7) is 6.16. The molecule has 1 heterocycles. The molecule has 0 aliphatic heterocycles. The molecule has 0 unspecified atom stereocenters. The summed E-state index contributed by atoms with van der Waals surface area (Å²) in [6, 6.07) is 19.5. The van der Waals surface area contributed by atoms with Crippen LogP contribution in [0.3, 0.4) is 0 Å². The van der Waals surface area contributed by atoms with Crippen molar-refractivity contribution >= 4 is 28.7 Å². The highest BCUT2D eigenvalue weighted by Crippen LogP contribution is 2.20. The number of carbonyl (C=O) groups excluding carboxylic acids is 1. The first-order valence-electron chi connectivity index (χ1n) is 9.13. The number of rotatable bonds is 7. The molecule has 5 nitrogen and oxygen atoms in total. The van der Waals surface area contributed by atoms with E-state index in [0.29, 0.717) is 5.56 Å². The van der Waals surface area contributed by atoms with Crippen molar-refractivity contribution in [3.8, 4) is 0 Å². The minimum atomic E-state index is -0.185. The minimum absolute atomic E-state index is 0.185. The number of para-hydroxylation sites is 1. The molecule has 27 heavy (non-hydrogen) atoms. The van der Waals surface area contributed by atoms with E-state index in [0.717, 1.165) is 35.8 Å². The maximum atomic E-state index is 12.6. The zero-order valence-electron chi connectivity index (χ0n) is 15.6. The van der Waals surface area contributed by atoms with Gasteiger partial charge in [0, 0.05) is 36.3 Å². The summed E-state index contributed by atoms with van der Waals surface area (Å²) >= 11 is 0. The third-order valence-corrected chi connectivity index (χ3v) is 4.32. The number of hydrogen-bond donors (Lipinski definition) is 2. The molecule has 2 aromatic carbocycles. The van der Waals surface area contributed by atoms with Gasteiger partial charge in [0.15, 0.2) is 0 Å². The molecule has 1 aromatic heterocycles. The van der Waals surface area contributed by atoms with Crippen molar-refractivity contribution in [1.82, 2.24) is 4.98 Å². The fourth-order valence-electron chi connectivity index (χ4n) is 2.87. The molecule has 0 spiro atoms. The van der Waals surface area contributed by atoms with Crippen LogP contribution in [0.2, 0.25) is 0 Å². The van der Waals surface area contributed by atoms with Crippen molar-refractivity contribution in [2.45, 2.75) is 13.8 Å². The predicted molar refractivity (Wildman–Crippen MR) is 112 cm³/mol. The number of amides is 1. The lowest BCUT2D eigenvalue weighted by Crippen LogP contribution is -2.21. The summed E-state index contributed by atoms with van der Waals surface area (Å²) in [5.74, 6) is -0.185. The van der Waals surface area contributed by atoms with Crippen LogP contribution < -0.4 is 15.5 Å². The Morgan fingerprint density at radius 3 is 2.26 bits per heavy atom. The Kier molecular flexibility index (Phi) is 6.05. The van der Waals surface area contributed by atoms with Gasteiger partial charge in [0.2, 0.25) is 0 Å². The number of pyridine rings is 1. The van der Waals surface area contributed by atoms with Crippen LogP contribution in [0.25, 0.3) is 0 Å². The van der Waals surface area contributed by atoms with E-state index in [1.807, 2.05) is 54.6 Å². The smallest absolute Gasteiger partial charge is 0.257 e. The van der Waals surface area contributed by atoms with Gasteiger partial charge in [-0.05, 0) is 56.3 Å². The van der Waals surface area contributed by atoms with E-state index >= 15 is 0 Å². The molecule has 3 rings (SSSR count). The summed E-state index contributed by atoms with van der Waals surface area (Å²) < 4.78 is 0. The number of nitrogens with zero attached hydrogens (tertiary/aromatic N) is 2. The molecule has 5 heteroatoms. The van der Waals surface area contributed by atoms with Crippen molar-refractivity contribution in [3.63, 3.8) is 0 Å². The molecule has 0 radical (unpaired) electrons. The zero-order chi connectivity index (χ0) is 19.1. The topological polar surface area (TPSA) is 57.3 Å². The molecular weight excluding hydrogens is 336 g/mol. The average molecular weight is 360 g/mol. The van der Waals surface area contributed by atoms with Crippen LogP contribution in [0.1, 0.15) is 24.2 Å². The quantitative estimate of drug-likeness (QED) is 0.628. The van der Waals surface area contributed by atoms with Crippen LogP contribution in [-0.2, 0) is 0 Å². The van der Waals surface area contributed by atoms with Crippen molar-refractivity contribution < 1.29 is 4.79 Å². The average Bonchev–Trinajstić information content (AvgIpc) is 2.71. The number of aromatic nitrogens is 1. The summed E-state index contributed by atoms with van der Waals surface area (Å²) in [5.41, 5.74) is 4.13. The van der Waals surface area contributed by atoms with Crippen molar-refractivity contribution in [3.05, 3.63) is 78.6 Å². The van der Waals surface area contributed by atoms with E-state index < -0.39 is 0 Å². The highest BCUT2D eigenvalue weighted by molar-refractivity contribution is 6.04. The molecule has 0 aliphatic rings. The van der Waals surface area contributed by atoms with Crippen LogP contribution >= 0.6 is 0 Å². The molecule has 0 fully saturated rings. The van der Waals surface area contributed by atoms with Gasteiger partial charge in [0.25, 0.3) is 5.91 Å². The monoisotopic (exact) mass is 360 g/mol. The molecule has 0 atom stereocenters. The van der Waals surface area contributed by atoms with Crippen molar-refractivity contribution in [1.29, 1.82) is 0 Å². The fourth-order valence-corrected chi connectivity index (χ4v) is 2.87. The second kappa shape index (κ2) is 8.85. The maximum absolute atomic E-state index is 12.6. The molecule has 3 aromatic rings. The Bertz CT molecular complexity index is 874. The number of carbonyl (C=O) groups is 1. The van der Waals surface area contributed by atoms with Gasteiger partial charge in [0.1, 0.15) is 0 Å². The Morgan fingerprint density at radius 1 is 0.889 bits per heavy atom. The molecule has 138 valence electrons. The van der Waals surface area contributed by atoms with Crippen molar-refractivity contribution in [2.24, 2.45) is 0 Å². The molecule has 0 bridgehead atoms. The van der Waals surface area contributed by atoms with E-state index in [1.54, 1.807) is 18.5 Å². The van der Waals surface area contributed by atoms with Gasteiger partial charge in [0.05, 0.1) is 17.4 Å². The van der Waals surface area contributed by atoms with Crippen molar-refractivity contribution in [2.75, 3.05) is 28.6 Å².